The van der Waals surface area contributed by atoms with Gasteiger partial charge in [0.25, 0.3) is 5.69 Å². The molecule has 0 fully saturated rings. The van der Waals surface area contributed by atoms with Gasteiger partial charge in [0, 0.05) is 6.07 Å². The van der Waals surface area contributed by atoms with E-state index in [1.54, 1.807) is 6.07 Å². The molecule has 7 nitrogen and oxygen atoms in total. The molecule has 0 aliphatic heterocycles. The number of para-hydroxylation sites is 1. The van der Waals surface area contributed by atoms with Crippen molar-refractivity contribution in [3.63, 3.8) is 0 Å². The highest BCUT2D eigenvalue weighted by atomic mass is 32.2. The number of carboxylic acid groups (broad SMARTS) is 1. The number of rotatable bonds is 5. The number of aromatic carboxylic acids is 1. The van der Waals surface area contributed by atoms with Crippen LogP contribution in [-0.2, 0) is 16.6 Å². The lowest BCUT2D eigenvalue weighted by Crippen LogP contribution is -2.00. The van der Waals surface area contributed by atoms with Crippen molar-refractivity contribution in [3.8, 4) is 0 Å². The first-order valence-electron chi connectivity index (χ1n) is 5.84. The second kappa shape index (κ2) is 5.88. The van der Waals surface area contributed by atoms with Crippen LogP contribution in [0.3, 0.4) is 0 Å². The number of furan rings is 1. The van der Waals surface area contributed by atoms with E-state index in [1.165, 1.54) is 31.2 Å². The van der Waals surface area contributed by atoms with E-state index in [2.05, 4.69) is 0 Å². The lowest BCUT2D eigenvalue weighted by atomic mass is 10.2. The van der Waals surface area contributed by atoms with Gasteiger partial charge in [-0.2, -0.15) is 0 Å². The molecule has 1 atom stereocenters. The Morgan fingerprint density at radius 1 is 1.43 bits per heavy atom. The van der Waals surface area contributed by atoms with Gasteiger partial charge in [-0.1, -0.05) is 12.1 Å². The lowest BCUT2D eigenvalue weighted by molar-refractivity contribution is -0.387. The smallest absolute Gasteiger partial charge is 0.339 e. The van der Waals surface area contributed by atoms with E-state index < -0.39 is 21.7 Å². The molecule has 2 aromatic rings. The molecule has 0 amide bonds. The number of hydrogen-bond donors (Lipinski definition) is 1. The number of benzene rings is 1. The third kappa shape index (κ3) is 3.16. The summed E-state index contributed by atoms with van der Waals surface area (Å²) >= 11 is 0. The second-order valence-electron chi connectivity index (χ2n) is 4.20. The lowest BCUT2D eigenvalue weighted by Gasteiger charge is -2.01. The largest absolute Gasteiger partial charge is 0.478 e. The molecule has 0 saturated carbocycles. The van der Waals surface area contributed by atoms with Gasteiger partial charge < -0.3 is 9.52 Å². The van der Waals surface area contributed by atoms with Crippen molar-refractivity contribution in [2.75, 3.05) is 0 Å². The van der Waals surface area contributed by atoms with Gasteiger partial charge in [0.1, 0.15) is 22.0 Å². The van der Waals surface area contributed by atoms with Crippen LogP contribution in [0.4, 0.5) is 5.69 Å². The van der Waals surface area contributed by atoms with Gasteiger partial charge in [0.2, 0.25) is 0 Å². The minimum atomic E-state index is -1.70. The highest BCUT2D eigenvalue weighted by molar-refractivity contribution is 7.84. The van der Waals surface area contributed by atoms with Crippen LogP contribution in [0.2, 0.25) is 0 Å². The maximum atomic E-state index is 12.2. The molecule has 21 heavy (non-hydrogen) atoms. The molecule has 0 spiro atoms. The number of nitro benzene ring substituents is 1. The van der Waals surface area contributed by atoms with Crippen LogP contribution in [0.15, 0.2) is 39.6 Å². The quantitative estimate of drug-likeness (QED) is 0.671. The molecule has 0 radical (unpaired) electrons. The summed E-state index contributed by atoms with van der Waals surface area (Å²) in [6.45, 7) is 1.49. The topological polar surface area (TPSA) is 111 Å². The predicted molar refractivity (Wildman–Crippen MR) is 73.6 cm³/mol. The van der Waals surface area contributed by atoms with Crippen LogP contribution in [0.25, 0.3) is 0 Å². The first kappa shape index (κ1) is 14.9. The maximum absolute atomic E-state index is 12.2. The van der Waals surface area contributed by atoms with Crippen molar-refractivity contribution in [1.29, 1.82) is 0 Å². The predicted octanol–water partition coefficient (Wildman–Crippen LogP) is 2.50. The fourth-order valence-electron chi connectivity index (χ4n) is 1.83. The van der Waals surface area contributed by atoms with Crippen molar-refractivity contribution < 1.29 is 23.5 Å². The van der Waals surface area contributed by atoms with Gasteiger partial charge in [-0.3, -0.25) is 14.3 Å². The minimum Gasteiger partial charge on any atom is -0.478 e. The van der Waals surface area contributed by atoms with E-state index >= 15 is 0 Å². The Morgan fingerprint density at radius 2 is 2.10 bits per heavy atom. The Bertz CT molecular complexity index is 736. The summed E-state index contributed by atoms with van der Waals surface area (Å²) in [6.07, 6.45) is 0. The van der Waals surface area contributed by atoms with E-state index in [1.807, 2.05) is 0 Å². The Kier molecular flexibility index (Phi) is 4.18. The zero-order valence-corrected chi connectivity index (χ0v) is 11.8. The summed E-state index contributed by atoms with van der Waals surface area (Å²) in [6, 6.07) is 6.99. The van der Waals surface area contributed by atoms with E-state index in [0.717, 1.165) is 0 Å². The molecule has 1 unspecified atom stereocenters. The number of carbonyl (C=O) groups is 1. The van der Waals surface area contributed by atoms with Crippen LogP contribution >= 0.6 is 0 Å². The van der Waals surface area contributed by atoms with Gasteiger partial charge in [-0.25, -0.2) is 4.79 Å². The van der Waals surface area contributed by atoms with E-state index in [9.17, 15) is 19.1 Å². The second-order valence-corrected chi connectivity index (χ2v) is 5.62. The summed E-state index contributed by atoms with van der Waals surface area (Å²) in [5.74, 6) is -0.851. The Hall–Kier alpha value is -2.48. The summed E-state index contributed by atoms with van der Waals surface area (Å²) in [5.41, 5.74) is -0.248. The van der Waals surface area contributed by atoms with Gasteiger partial charge in [-0.15, -0.1) is 0 Å². The molecule has 1 aromatic heterocycles. The highest BCUT2D eigenvalue weighted by Gasteiger charge is 2.21. The van der Waals surface area contributed by atoms with Crippen molar-refractivity contribution in [2.45, 2.75) is 17.6 Å². The number of carboxylic acids is 1. The summed E-state index contributed by atoms with van der Waals surface area (Å²) < 4.78 is 17.5. The van der Waals surface area contributed by atoms with E-state index in [4.69, 9.17) is 9.52 Å². The molecule has 1 aromatic carbocycles. The number of nitro groups is 1. The Balaban J connectivity index is 2.29. The molecular formula is C13H11NO6S. The van der Waals surface area contributed by atoms with Crippen molar-refractivity contribution >= 4 is 22.5 Å². The zero-order valence-electron chi connectivity index (χ0n) is 10.9. The van der Waals surface area contributed by atoms with Gasteiger partial charge in [0.15, 0.2) is 0 Å². The van der Waals surface area contributed by atoms with Crippen molar-refractivity contribution in [3.05, 3.63) is 57.5 Å². The Morgan fingerprint density at radius 3 is 2.67 bits per heavy atom. The first-order valence-corrected chi connectivity index (χ1v) is 7.16. The van der Waals surface area contributed by atoms with Gasteiger partial charge in [0.05, 0.1) is 21.5 Å². The molecule has 1 N–H and O–H groups in total. The molecular weight excluding hydrogens is 298 g/mol. The van der Waals surface area contributed by atoms with Crippen LogP contribution in [0.5, 0.6) is 0 Å². The first-order chi connectivity index (χ1) is 9.90. The average molecular weight is 309 g/mol. The molecule has 1 heterocycles. The van der Waals surface area contributed by atoms with Crippen LogP contribution in [-0.4, -0.2) is 20.2 Å². The third-order valence-electron chi connectivity index (χ3n) is 2.78. The van der Waals surface area contributed by atoms with Crippen LogP contribution in [0, 0.1) is 17.0 Å². The number of aryl methyl sites for hydroxylation is 1. The maximum Gasteiger partial charge on any atom is 0.339 e. The molecule has 8 heteroatoms. The van der Waals surface area contributed by atoms with Crippen LogP contribution in [0.1, 0.15) is 21.9 Å². The van der Waals surface area contributed by atoms with Crippen LogP contribution < -0.4 is 0 Å². The fraction of sp³-hybridized carbons (Fsp3) is 0.154. The van der Waals surface area contributed by atoms with Crippen molar-refractivity contribution in [2.24, 2.45) is 0 Å². The monoisotopic (exact) mass is 309 g/mol. The zero-order chi connectivity index (χ0) is 15.6. The van der Waals surface area contributed by atoms with E-state index in [0.29, 0.717) is 0 Å². The summed E-state index contributed by atoms with van der Waals surface area (Å²) in [7, 11) is -1.70. The molecule has 110 valence electrons. The highest BCUT2D eigenvalue weighted by Crippen LogP contribution is 2.25. The summed E-state index contributed by atoms with van der Waals surface area (Å²) in [4.78, 5) is 21.3. The van der Waals surface area contributed by atoms with Gasteiger partial charge >= 0.3 is 5.97 Å². The third-order valence-corrected chi connectivity index (χ3v) is 4.16. The standard InChI is InChI=1S/C13H11NO6S/c1-8-10(13(15)16)6-9(20-8)7-21(19)12-5-3-2-4-11(12)14(17)18/h2-6H,7H2,1H3,(H,15,16). The molecule has 0 bridgehead atoms. The van der Waals surface area contributed by atoms with Gasteiger partial charge in [-0.05, 0) is 19.1 Å². The fourth-order valence-corrected chi connectivity index (χ4v) is 3.00. The molecule has 0 aliphatic rings. The minimum absolute atomic E-state index is 0.00967. The number of hydrogen-bond acceptors (Lipinski definition) is 5. The summed E-state index contributed by atoms with van der Waals surface area (Å²) in [5, 5.41) is 19.8. The van der Waals surface area contributed by atoms with Crippen molar-refractivity contribution in [1.82, 2.24) is 0 Å². The number of nitrogens with zero attached hydrogens (tertiary/aromatic N) is 1. The molecule has 0 saturated heterocycles. The van der Waals surface area contributed by atoms with E-state index in [-0.39, 0.29) is 33.4 Å². The average Bonchev–Trinajstić information content (AvgIpc) is 2.79. The Labute approximate surface area is 121 Å². The normalized spacial score (nSPS) is 12.0. The molecule has 0 aliphatic carbocycles. The molecule has 2 rings (SSSR count). The SMILES string of the molecule is Cc1oc(CS(=O)c2ccccc2[N+](=O)[O-])cc1C(=O)O.